The molecule has 0 atom stereocenters. The molecule has 0 bridgehead atoms. The highest BCUT2D eigenvalue weighted by Gasteiger charge is 2.50. The van der Waals surface area contributed by atoms with Crippen molar-refractivity contribution in [2.45, 2.75) is 5.79 Å². The molecule has 0 aromatic heterocycles. The number of benzene rings is 1. The molecule has 2 aliphatic rings. The molecule has 1 aromatic rings. The highest BCUT2D eigenvalue weighted by atomic mass is 79.9. The van der Waals surface area contributed by atoms with Crippen LogP contribution in [0.2, 0.25) is 0 Å². The van der Waals surface area contributed by atoms with Crippen molar-refractivity contribution in [3.8, 4) is 5.75 Å². The zero-order valence-corrected chi connectivity index (χ0v) is 11.6. The van der Waals surface area contributed by atoms with Crippen molar-refractivity contribution in [1.82, 2.24) is 0 Å². The third kappa shape index (κ3) is 1.76. The van der Waals surface area contributed by atoms with Gasteiger partial charge in [0.05, 0.1) is 25.9 Å². The van der Waals surface area contributed by atoms with E-state index in [2.05, 4.69) is 20.7 Å². The number of hydrogen-bond donors (Lipinski definition) is 0. The zero-order chi connectivity index (χ0) is 13.6. The Kier molecular flexibility index (Phi) is 2.99. The van der Waals surface area contributed by atoms with Gasteiger partial charge < -0.3 is 18.9 Å². The lowest BCUT2D eigenvalue weighted by Crippen LogP contribution is -2.29. The van der Waals surface area contributed by atoms with Crippen LogP contribution >= 0.6 is 15.9 Å². The fourth-order valence-corrected chi connectivity index (χ4v) is 2.99. The Morgan fingerprint density at radius 1 is 1.47 bits per heavy atom. The number of rotatable bonds is 1. The molecule has 5 nitrogen and oxygen atoms in total. The van der Waals surface area contributed by atoms with Crippen LogP contribution in [0.25, 0.3) is 0 Å². The van der Waals surface area contributed by atoms with Gasteiger partial charge in [-0.1, -0.05) is 15.9 Å². The van der Waals surface area contributed by atoms with Crippen molar-refractivity contribution in [2.24, 2.45) is 0 Å². The quantitative estimate of drug-likeness (QED) is 0.736. The molecule has 19 heavy (non-hydrogen) atoms. The van der Waals surface area contributed by atoms with Crippen LogP contribution in [-0.2, 0) is 20.0 Å². The summed E-state index contributed by atoms with van der Waals surface area (Å²) in [4.78, 5) is 11.7. The molecule has 1 spiro atoms. The standard InChI is InChI=1S/C12H10BrFO5/c1-16-11(15)8-7(14)4-6(13)9-10(8)17-5-12(9)18-2-3-19-12/h4H,2-3,5H2,1H3. The van der Waals surface area contributed by atoms with Crippen molar-refractivity contribution < 1.29 is 28.1 Å². The number of methoxy groups -OCH3 is 1. The molecular weight excluding hydrogens is 323 g/mol. The summed E-state index contributed by atoms with van der Waals surface area (Å²) in [5.41, 5.74) is 0.253. The number of fused-ring (bicyclic) bond motifs is 2. The van der Waals surface area contributed by atoms with Crippen molar-refractivity contribution in [3.63, 3.8) is 0 Å². The van der Waals surface area contributed by atoms with Gasteiger partial charge in [0, 0.05) is 4.47 Å². The average molecular weight is 333 g/mol. The Bertz CT molecular complexity index is 554. The molecule has 1 aromatic carbocycles. The second-order valence-electron chi connectivity index (χ2n) is 4.15. The van der Waals surface area contributed by atoms with Gasteiger partial charge in [-0.2, -0.15) is 0 Å². The summed E-state index contributed by atoms with van der Waals surface area (Å²) in [7, 11) is 1.18. The summed E-state index contributed by atoms with van der Waals surface area (Å²) < 4.78 is 35.5. The minimum absolute atomic E-state index is 0.0778. The molecule has 1 saturated heterocycles. The lowest BCUT2D eigenvalue weighted by atomic mass is 10.0. The Morgan fingerprint density at radius 2 is 2.16 bits per heavy atom. The lowest BCUT2D eigenvalue weighted by Gasteiger charge is -2.21. The number of halogens is 2. The Hall–Kier alpha value is -1.18. The summed E-state index contributed by atoms with van der Waals surface area (Å²) in [5, 5.41) is 0. The molecule has 0 aliphatic carbocycles. The molecule has 2 aliphatic heterocycles. The molecule has 3 rings (SSSR count). The van der Waals surface area contributed by atoms with Gasteiger partial charge in [-0.25, -0.2) is 9.18 Å². The van der Waals surface area contributed by atoms with Gasteiger partial charge >= 0.3 is 5.97 Å². The normalized spacial score (nSPS) is 19.3. The summed E-state index contributed by atoms with van der Waals surface area (Å²) >= 11 is 3.26. The topological polar surface area (TPSA) is 54.0 Å². The van der Waals surface area contributed by atoms with Crippen LogP contribution in [0.5, 0.6) is 5.75 Å². The zero-order valence-electron chi connectivity index (χ0n) is 10.00. The second kappa shape index (κ2) is 4.43. The van der Waals surface area contributed by atoms with Crippen LogP contribution in [0.15, 0.2) is 10.5 Å². The number of carbonyl (C=O) groups is 1. The fourth-order valence-electron chi connectivity index (χ4n) is 2.31. The average Bonchev–Trinajstić information content (AvgIpc) is 2.98. The summed E-state index contributed by atoms with van der Waals surface area (Å²) in [6.07, 6.45) is 0. The van der Waals surface area contributed by atoms with Gasteiger partial charge in [0.1, 0.15) is 23.7 Å². The predicted molar refractivity (Wildman–Crippen MR) is 64.5 cm³/mol. The van der Waals surface area contributed by atoms with E-state index in [9.17, 15) is 9.18 Å². The van der Waals surface area contributed by atoms with Crippen molar-refractivity contribution in [2.75, 3.05) is 26.9 Å². The maximum atomic E-state index is 13.9. The second-order valence-corrected chi connectivity index (χ2v) is 5.00. The van der Waals surface area contributed by atoms with E-state index in [0.717, 1.165) is 0 Å². The first-order valence-electron chi connectivity index (χ1n) is 5.60. The van der Waals surface area contributed by atoms with E-state index in [1.807, 2.05) is 0 Å². The van der Waals surface area contributed by atoms with Gasteiger partial charge in [-0.3, -0.25) is 0 Å². The molecule has 0 amide bonds. The van der Waals surface area contributed by atoms with E-state index in [-0.39, 0.29) is 17.9 Å². The molecule has 0 unspecified atom stereocenters. The van der Waals surface area contributed by atoms with Crippen LogP contribution in [0.4, 0.5) is 4.39 Å². The van der Waals surface area contributed by atoms with Crippen molar-refractivity contribution in [1.29, 1.82) is 0 Å². The van der Waals surface area contributed by atoms with E-state index in [0.29, 0.717) is 23.2 Å². The largest absolute Gasteiger partial charge is 0.486 e. The molecule has 7 heteroatoms. The monoisotopic (exact) mass is 332 g/mol. The van der Waals surface area contributed by atoms with E-state index in [1.54, 1.807) is 0 Å². The predicted octanol–water partition coefficient (Wildman–Crippen LogP) is 1.97. The first kappa shape index (κ1) is 12.8. The highest BCUT2D eigenvalue weighted by Crippen LogP contribution is 2.49. The molecule has 0 N–H and O–H groups in total. The summed E-state index contributed by atoms with van der Waals surface area (Å²) in [5.74, 6) is -2.46. The molecule has 0 radical (unpaired) electrons. The molecular formula is C12H10BrFO5. The Balaban J connectivity index is 2.22. The number of hydrogen-bond acceptors (Lipinski definition) is 5. The minimum atomic E-state index is -1.06. The van der Waals surface area contributed by atoms with Crippen molar-refractivity contribution >= 4 is 21.9 Å². The van der Waals surface area contributed by atoms with E-state index >= 15 is 0 Å². The van der Waals surface area contributed by atoms with Gasteiger partial charge in [-0.05, 0) is 6.07 Å². The van der Waals surface area contributed by atoms with Crippen LogP contribution in [-0.4, -0.2) is 32.9 Å². The minimum Gasteiger partial charge on any atom is -0.486 e. The van der Waals surface area contributed by atoms with Gasteiger partial charge in [0.2, 0.25) is 5.79 Å². The third-order valence-corrected chi connectivity index (χ3v) is 3.74. The maximum Gasteiger partial charge on any atom is 0.344 e. The lowest BCUT2D eigenvalue weighted by molar-refractivity contribution is -0.170. The highest BCUT2D eigenvalue weighted by molar-refractivity contribution is 9.10. The third-order valence-electron chi connectivity index (χ3n) is 3.12. The van der Waals surface area contributed by atoms with E-state index < -0.39 is 17.6 Å². The summed E-state index contributed by atoms with van der Waals surface area (Å²) in [6, 6.07) is 1.19. The van der Waals surface area contributed by atoms with Gasteiger partial charge in [-0.15, -0.1) is 0 Å². The molecule has 0 saturated carbocycles. The molecule has 102 valence electrons. The fraction of sp³-hybridized carbons (Fsp3) is 0.417. The molecule has 2 heterocycles. The summed E-state index contributed by atoms with van der Waals surface area (Å²) in [6.45, 7) is 0.911. The Labute approximate surface area is 116 Å². The Morgan fingerprint density at radius 3 is 2.79 bits per heavy atom. The van der Waals surface area contributed by atoms with Crippen LogP contribution < -0.4 is 4.74 Å². The van der Waals surface area contributed by atoms with Gasteiger partial charge in [0.25, 0.3) is 0 Å². The van der Waals surface area contributed by atoms with E-state index in [1.165, 1.54) is 13.2 Å². The maximum absolute atomic E-state index is 13.9. The number of esters is 1. The van der Waals surface area contributed by atoms with Crippen molar-refractivity contribution in [3.05, 3.63) is 27.5 Å². The first-order chi connectivity index (χ1) is 9.09. The molecule has 1 fully saturated rings. The smallest absolute Gasteiger partial charge is 0.344 e. The van der Waals surface area contributed by atoms with E-state index in [4.69, 9.17) is 14.2 Å². The van der Waals surface area contributed by atoms with Crippen LogP contribution in [0.1, 0.15) is 15.9 Å². The number of carbonyl (C=O) groups excluding carboxylic acids is 1. The first-order valence-corrected chi connectivity index (χ1v) is 6.40. The number of ether oxygens (including phenoxy) is 4. The van der Waals surface area contributed by atoms with Crippen LogP contribution in [0, 0.1) is 5.82 Å². The van der Waals surface area contributed by atoms with Crippen LogP contribution in [0.3, 0.4) is 0 Å². The van der Waals surface area contributed by atoms with Gasteiger partial charge in [0.15, 0.2) is 0 Å². The SMILES string of the molecule is COC(=O)c1c(F)cc(Br)c2c1OCC21OCCO1.